The number of carbonyl (C=O) groups is 2. The van der Waals surface area contributed by atoms with Crippen LogP contribution in [-0.4, -0.2) is 16.8 Å². The van der Waals surface area contributed by atoms with Crippen LogP contribution in [0.3, 0.4) is 0 Å². The molecule has 0 unspecified atom stereocenters. The summed E-state index contributed by atoms with van der Waals surface area (Å²) in [6.07, 6.45) is 1.52. The van der Waals surface area contributed by atoms with Crippen molar-refractivity contribution in [2.45, 2.75) is 6.54 Å². The summed E-state index contributed by atoms with van der Waals surface area (Å²) in [6.45, 7) is 0.310. The maximum Gasteiger partial charge on any atom is 0.273 e. The van der Waals surface area contributed by atoms with Crippen LogP contribution in [0.25, 0.3) is 11.5 Å². The van der Waals surface area contributed by atoms with Crippen molar-refractivity contribution >= 4 is 34.4 Å². The van der Waals surface area contributed by atoms with Crippen molar-refractivity contribution in [3.63, 3.8) is 0 Å². The number of furan rings is 1. The van der Waals surface area contributed by atoms with Crippen molar-refractivity contribution in [2.24, 2.45) is 0 Å². The topological polar surface area (TPSA) is 85.3 Å². The van der Waals surface area contributed by atoms with Gasteiger partial charge in [0, 0.05) is 10.9 Å². The summed E-state index contributed by atoms with van der Waals surface area (Å²) in [5.74, 6) is 0.542. The molecule has 0 saturated heterocycles. The van der Waals surface area contributed by atoms with Gasteiger partial charge in [-0.1, -0.05) is 11.2 Å². The first-order chi connectivity index (χ1) is 12.7. The Hall–Kier alpha value is -2.97. The lowest BCUT2D eigenvalue weighted by atomic mass is 10.2. The molecular weight excluding hydrogens is 372 g/mol. The van der Waals surface area contributed by atoms with Crippen LogP contribution in [0.5, 0.6) is 0 Å². The van der Waals surface area contributed by atoms with Gasteiger partial charge < -0.3 is 14.3 Å². The summed E-state index contributed by atoms with van der Waals surface area (Å²) in [5.41, 5.74) is 0.169. The van der Waals surface area contributed by atoms with E-state index in [-0.39, 0.29) is 17.4 Å². The first-order valence-corrected chi connectivity index (χ1v) is 9.36. The number of amides is 1. The highest BCUT2D eigenvalue weighted by atomic mass is 32.1. The fourth-order valence-corrected chi connectivity index (χ4v) is 3.94. The van der Waals surface area contributed by atoms with E-state index in [0.29, 0.717) is 27.8 Å². The van der Waals surface area contributed by atoms with Crippen molar-refractivity contribution in [3.8, 4) is 11.5 Å². The van der Waals surface area contributed by atoms with Crippen LogP contribution >= 0.6 is 22.7 Å². The highest BCUT2D eigenvalue weighted by Crippen LogP contribution is 2.23. The van der Waals surface area contributed by atoms with Gasteiger partial charge in [-0.3, -0.25) is 9.59 Å². The maximum atomic E-state index is 12.3. The van der Waals surface area contributed by atoms with Gasteiger partial charge in [-0.25, -0.2) is 0 Å². The molecule has 0 atom stereocenters. The SMILES string of the molecule is O=C(NCc1ccc(C(=O)c2cccs2)s1)c1cc(-c2ccco2)on1. The summed E-state index contributed by atoms with van der Waals surface area (Å²) >= 11 is 2.78. The van der Waals surface area contributed by atoms with E-state index in [4.69, 9.17) is 8.94 Å². The molecule has 0 fully saturated rings. The Morgan fingerprint density at radius 1 is 1.08 bits per heavy atom. The smallest absolute Gasteiger partial charge is 0.273 e. The number of hydrogen-bond acceptors (Lipinski definition) is 7. The van der Waals surface area contributed by atoms with Crippen LogP contribution in [0, 0.1) is 0 Å². The summed E-state index contributed by atoms with van der Waals surface area (Å²) < 4.78 is 10.3. The Balaban J connectivity index is 1.38. The maximum absolute atomic E-state index is 12.3. The first kappa shape index (κ1) is 16.5. The van der Waals surface area contributed by atoms with E-state index in [2.05, 4.69) is 10.5 Å². The zero-order chi connectivity index (χ0) is 17.9. The second kappa shape index (κ2) is 7.11. The van der Waals surface area contributed by atoms with Crippen LogP contribution in [0.4, 0.5) is 0 Å². The van der Waals surface area contributed by atoms with E-state index in [1.165, 1.54) is 35.0 Å². The van der Waals surface area contributed by atoms with E-state index in [1.54, 1.807) is 24.3 Å². The van der Waals surface area contributed by atoms with Gasteiger partial charge in [0.25, 0.3) is 5.91 Å². The normalized spacial score (nSPS) is 10.8. The zero-order valence-electron chi connectivity index (χ0n) is 13.3. The molecule has 0 radical (unpaired) electrons. The van der Waals surface area contributed by atoms with Crippen molar-refractivity contribution in [1.29, 1.82) is 0 Å². The molecule has 0 aliphatic carbocycles. The third-order valence-corrected chi connectivity index (χ3v) is 5.51. The van der Waals surface area contributed by atoms with Crippen LogP contribution in [-0.2, 0) is 6.54 Å². The number of nitrogens with zero attached hydrogens (tertiary/aromatic N) is 1. The molecule has 26 heavy (non-hydrogen) atoms. The molecule has 0 aromatic carbocycles. The predicted molar refractivity (Wildman–Crippen MR) is 97.4 cm³/mol. The van der Waals surface area contributed by atoms with Gasteiger partial charge in [0.2, 0.25) is 11.5 Å². The Morgan fingerprint density at radius 3 is 2.77 bits per heavy atom. The van der Waals surface area contributed by atoms with Gasteiger partial charge in [0.15, 0.2) is 11.5 Å². The molecule has 4 aromatic rings. The fourth-order valence-electron chi connectivity index (χ4n) is 2.30. The molecule has 0 aliphatic heterocycles. The fraction of sp³-hybridized carbons (Fsp3) is 0.0556. The highest BCUT2D eigenvalue weighted by molar-refractivity contribution is 7.16. The average molecular weight is 384 g/mol. The molecule has 1 amide bonds. The Labute approximate surface area is 156 Å². The third kappa shape index (κ3) is 3.37. The monoisotopic (exact) mass is 384 g/mol. The van der Waals surface area contributed by atoms with E-state index >= 15 is 0 Å². The second-order valence-electron chi connectivity index (χ2n) is 5.31. The second-order valence-corrected chi connectivity index (χ2v) is 7.42. The quantitative estimate of drug-likeness (QED) is 0.503. The lowest BCUT2D eigenvalue weighted by Crippen LogP contribution is -2.22. The van der Waals surface area contributed by atoms with Crippen LogP contribution < -0.4 is 5.32 Å². The van der Waals surface area contributed by atoms with Crippen molar-refractivity contribution < 1.29 is 18.5 Å². The number of thiophene rings is 2. The number of rotatable bonds is 6. The highest BCUT2D eigenvalue weighted by Gasteiger charge is 2.16. The Bertz CT molecular complexity index is 1030. The molecule has 0 spiro atoms. The van der Waals surface area contributed by atoms with E-state index < -0.39 is 0 Å². The molecule has 0 bridgehead atoms. The van der Waals surface area contributed by atoms with E-state index in [1.807, 2.05) is 17.5 Å². The molecule has 0 saturated carbocycles. The summed E-state index contributed by atoms with van der Waals surface area (Å²) in [4.78, 5) is 26.7. The van der Waals surface area contributed by atoms with E-state index in [0.717, 1.165) is 4.88 Å². The average Bonchev–Trinajstić information content (AvgIpc) is 3.44. The summed E-state index contributed by atoms with van der Waals surface area (Å²) in [5, 5.41) is 8.40. The van der Waals surface area contributed by atoms with Gasteiger partial charge >= 0.3 is 0 Å². The minimum Gasteiger partial charge on any atom is -0.461 e. The molecule has 6 nitrogen and oxygen atoms in total. The van der Waals surface area contributed by atoms with Gasteiger partial charge in [-0.2, -0.15) is 0 Å². The summed E-state index contributed by atoms with van der Waals surface area (Å²) in [6, 6.07) is 12.2. The molecule has 4 rings (SSSR count). The van der Waals surface area contributed by atoms with Crippen molar-refractivity contribution in [1.82, 2.24) is 10.5 Å². The minimum absolute atomic E-state index is 0.00201. The largest absolute Gasteiger partial charge is 0.461 e. The molecular formula is C18H12N2O4S2. The van der Waals surface area contributed by atoms with Crippen molar-refractivity contribution in [2.75, 3.05) is 0 Å². The number of hydrogen-bond donors (Lipinski definition) is 1. The first-order valence-electron chi connectivity index (χ1n) is 7.66. The van der Waals surface area contributed by atoms with Gasteiger partial charge in [0.05, 0.1) is 22.6 Å². The molecule has 130 valence electrons. The standard InChI is InChI=1S/C18H12N2O4S2/c21-17(15-4-2-8-25-15)16-6-5-11(26-16)10-19-18(22)12-9-14(24-20-12)13-3-1-7-23-13/h1-9H,10H2,(H,19,22). The van der Waals surface area contributed by atoms with Crippen molar-refractivity contribution in [3.05, 3.63) is 74.4 Å². The Morgan fingerprint density at radius 2 is 2.00 bits per heavy atom. The third-order valence-electron chi connectivity index (χ3n) is 3.56. The predicted octanol–water partition coefficient (Wildman–Crippen LogP) is 4.22. The van der Waals surface area contributed by atoms with Crippen LogP contribution in [0.1, 0.15) is 29.9 Å². The Kier molecular flexibility index (Phi) is 4.51. The molecule has 4 heterocycles. The molecule has 0 aliphatic rings. The lowest BCUT2D eigenvalue weighted by molar-refractivity contribution is 0.0941. The van der Waals surface area contributed by atoms with E-state index in [9.17, 15) is 9.59 Å². The lowest BCUT2D eigenvalue weighted by Gasteiger charge is -1.99. The van der Waals surface area contributed by atoms with Gasteiger partial charge in [0.1, 0.15) is 0 Å². The number of ketones is 1. The zero-order valence-corrected chi connectivity index (χ0v) is 14.9. The molecule has 4 aromatic heterocycles. The van der Waals surface area contributed by atoms with Gasteiger partial charge in [-0.15, -0.1) is 22.7 Å². The molecule has 1 N–H and O–H groups in total. The summed E-state index contributed by atoms with van der Waals surface area (Å²) in [7, 11) is 0. The number of nitrogens with one attached hydrogen (secondary N) is 1. The van der Waals surface area contributed by atoms with Crippen LogP contribution in [0.2, 0.25) is 0 Å². The minimum atomic E-state index is -0.355. The molecule has 8 heteroatoms. The van der Waals surface area contributed by atoms with Gasteiger partial charge in [-0.05, 0) is 35.7 Å². The number of carbonyl (C=O) groups excluding carboxylic acids is 2. The number of aromatic nitrogens is 1. The van der Waals surface area contributed by atoms with Crippen LogP contribution in [0.15, 0.2) is 63.0 Å².